The largest absolute Gasteiger partial charge is 0.352 e. The van der Waals surface area contributed by atoms with Gasteiger partial charge in [-0.3, -0.25) is 14.4 Å². The quantitative estimate of drug-likeness (QED) is 0.818. The number of likely N-dealkylation sites (tertiary alicyclic amines) is 1. The lowest BCUT2D eigenvalue weighted by atomic mass is 10.0. The van der Waals surface area contributed by atoms with E-state index in [1.54, 1.807) is 29.2 Å². The third-order valence-corrected chi connectivity index (χ3v) is 3.89. The number of hydrogen-bond donors (Lipinski definition) is 2. The Morgan fingerprint density at radius 3 is 2.46 bits per heavy atom. The van der Waals surface area contributed by atoms with Crippen LogP contribution in [0.5, 0.6) is 0 Å². The molecule has 126 valence electrons. The summed E-state index contributed by atoms with van der Waals surface area (Å²) >= 11 is 0. The molecule has 1 aliphatic rings. The van der Waals surface area contributed by atoms with E-state index >= 15 is 0 Å². The lowest BCUT2D eigenvalue weighted by Gasteiger charge is -2.32. The zero-order valence-electron chi connectivity index (χ0n) is 13.3. The number of nitriles is 1. The number of hydrogen-bond acceptors (Lipinski definition) is 4. The summed E-state index contributed by atoms with van der Waals surface area (Å²) in [5, 5.41) is 13.9. The van der Waals surface area contributed by atoms with E-state index in [1.165, 1.54) is 0 Å². The van der Waals surface area contributed by atoms with Crippen LogP contribution in [0.2, 0.25) is 0 Å². The SMILES string of the molecule is N#CCC(=O)NC1CCN(C(=O)CNC(=O)c2ccccc2)CC1. The molecule has 1 saturated heterocycles. The lowest BCUT2D eigenvalue weighted by molar-refractivity contribution is -0.131. The molecule has 0 unspecified atom stereocenters. The van der Waals surface area contributed by atoms with E-state index in [4.69, 9.17) is 5.26 Å². The third-order valence-electron chi connectivity index (χ3n) is 3.89. The first-order valence-electron chi connectivity index (χ1n) is 7.87. The van der Waals surface area contributed by atoms with E-state index in [0.717, 1.165) is 0 Å². The molecule has 0 bridgehead atoms. The molecule has 1 fully saturated rings. The summed E-state index contributed by atoms with van der Waals surface area (Å²) in [5.41, 5.74) is 0.518. The van der Waals surface area contributed by atoms with Gasteiger partial charge in [-0.15, -0.1) is 0 Å². The summed E-state index contributed by atoms with van der Waals surface area (Å²) < 4.78 is 0. The van der Waals surface area contributed by atoms with E-state index in [0.29, 0.717) is 31.5 Å². The summed E-state index contributed by atoms with van der Waals surface area (Å²) in [6.07, 6.45) is 1.15. The molecule has 7 nitrogen and oxygen atoms in total. The maximum atomic E-state index is 12.1. The van der Waals surface area contributed by atoms with Gasteiger partial charge < -0.3 is 15.5 Å². The van der Waals surface area contributed by atoms with Crippen LogP contribution in [0.3, 0.4) is 0 Å². The molecule has 0 aromatic heterocycles. The Morgan fingerprint density at radius 2 is 1.83 bits per heavy atom. The summed E-state index contributed by atoms with van der Waals surface area (Å²) in [4.78, 5) is 37.1. The highest BCUT2D eigenvalue weighted by molar-refractivity contribution is 5.96. The molecule has 2 N–H and O–H groups in total. The predicted molar refractivity (Wildman–Crippen MR) is 86.7 cm³/mol. The van der Waals surface area contributed by atoms with Crippen molar-refractivity contribution in [1.82, 2.24) is 15.5 Å². The Balaban J connectivity index is 1.72. The summed E-state index contributed by atoms with van der Waals surface area (Å²) in [6.45, 7) is 1.01. The lowest BCUT2D eigenvalue weighted by Crippen LogP contribution is -2.48. The zero-order chi connectivity index (χ0) is 17.4. The molecule has 1 aliphatic heterocycles. The van der Waals surface area contributed by atoms with Crippen LogP contribution >= 0.6 is 0 Å². The van der Waals surface area contributed by atoms with Crippen LogP contribution in [-0.2, 0) is 9.59 Å². The Bertz CT molecular complexity index is 631. The topological polar surface area (TPSA) is 102 Å². The second-order valence-electron chi connectivity index (χ2n) is 5.61. The highest BCUT2D eigenvalue weighted by Gasteiger charge is 2.23. The van der Waals surface area contributed by atoms with Gasteiger partial charge in [-0.05, 0) is 25.0 Å². The zero-order valence-corrected chi connectivity index (χ0v) is 13.3. The fraction of sp³-hybridized carbons (Fsp3) is 0.412. The van der Waals surface area contributed by atoms with Gasteiger partial charge in [-0.2, -0.15) is 5.26 Å². The average molecular weight is 328 g/mol. The van der Waals surface area contributed by atoms with E-state index in [9.17, 15) is 14.4 Å². The van der Waals surface area contributed by atoms with Gasteiger partial charge >= 0.3 is 0 Å². The smallest absolute Gasteiger partial charge is 0.251 e. The van der Waals surface area contributed by atoms with Gasteiger partial charge in [-0.1, -0.05) is 18.2 Å². The van der Waals surface area contributed by atoms with Crippen LogP contribution in [-0.4, -0.2) is 48.3 Å². The first-order chi connectivity index (χ1) is 11.6. The monoisotopic (exact) mass is 328 g/mol. The number of piperidine rings is 1. The standard InChI is InChI=1S/C17H20N4O3/c18-9-6-15(22)20-14-7-10-21(11-8-14)16(23)12-19-17(24)13-4-2-1-3-5-13/h1-5,14H,6-8,10-12H2,(H,19,24)(H,20,22). The molecule has 2 rings (SSSR count). The number of nitrogens with zero attached hydrogens (tertiary/aromatic N) is 2. The summed E-state index contributed by atoms with van der Waals surface area (Å²) in [5.74, 6) is -0.693. The van der Waals surface area contributed by atoms with Crippen LogP contribution in [0.15, 0.2) is 30.3 Å². The van der Waals surface area contributed by atoms with Crippen LogP contribution in [0.4, 0.5) is 0 Å². The third kappa shape index (κ3) is 5.09. The number of nitrogens with one attached hydrogen (secondary N) is 2. The summed E-state index contributed by atoms with van der Waals surface area (Å²) in [6, 6.07) is 10.5. The van der Waals surface area contributed by atoms with Crippen molar-refractivity contribution in [2.24, 2.45) is 0 Å². The van der Waals surface area contributed by atoms with Gasteiger partial charge in [0.25, 0.3) is 5.91 Å². The Labute approximate surface area is 140 Å². The molecule has 0 radical (unpaired) electrons. The highest BCUT2D eigenvalue weighted by Crippen LogP contribution is 2.10. The van der Waals surface area contributed by atoms with Gasteiger partial charge in [0, 0.05) is 24.7 Å². The molecular weight excluding hydrogens is 308 g/mol. The molecule has 24 heavy (non-hydrogen) atoms. The normalized spacial score (nSPS) is 14.5. The summed E-state index contributed by atoms with van der Waals surface area (Å²) in [7, 11) is 0. The Morgan fingerprint density at radius 1 is 1.17 bits per heavy atom. The van der Waals surface area contributed by atoms with E-state index in [1.807, 2.05) is 12.1 Å². The van der Waals surface area contributed by atoms with E-state index in [-0.39, 0.29) is 36.7 Å². The number of carbonyl (C=O) groups is 3. The first kappa shape index (κ1) is 17.5. The maximum absolute atomic E-state index is 12.1. The molecule has 1 heterocycles. The number of benzene rings is 1. The molecule has 0 atom stereocenters. The van der Waals surface area contributed by atoms with Crippen molar-refractivity contribution >= 4 is 17.7 Å². The molecule has 7 heteroatoms. The highest BCUT2D eigenvalue weighted by atomic mass is 16.2. The van der Waals surface area contributed by atoms with Gasteiger partial charge in [0.05, 0.1) is 12.6 Å². The second-order valence-corrected chi connectivity index (χ2v) is 5.61. The van der Waals surface area contributed by atoms with Crippen molar-refractivity contribution in [2.45, 2.75) is 25.3 Å². The van der Waals surface area contributed by atoms with Crippen molar-refractivity contribution < 1.29 is 14.4 Å². The van der Waals surface area contributed by atoms with Crippen LogP contribution in [0.25, 0.3) is 0 Å². The minimum Gasteiger partial charge on any atom is -0.352 e. The fourth-order valence-electron chi connectivity index (χ4n) is 2.58. The van der Waals surface area contributed by atoms with Crippen LogP contribution in [0.1, 0.15) is 29.6 Å². The molecule has 1 aromatic rings. The molecule has 3 amide bonds. The van der Waals surface area contributed by atoms with Crippen molar-refractivity contribution in [3.05, 3.63) is 35.9 Å². The van der Waals surface area contributed by atoms with Crippen LogP contribution < -0.4 is 10.6 Å². The first-order valence-corrected chi connectivity index (χ1v) is 7.87. The maximum Gasteiger partial charge on any atom is 0.251 e. The van der Waals surface area contributed by atoms with Crippen molar-refractivity contribution in [3.63, 3.8) is 0 Å². The van der Waals surface area contributed by atoms with Crippen LogP contribution in [0, 0.1) is 11.3 Å². The minimum absolute atomic E-state index is 0.00573. The Kier molecular flexibility index (Phi) is 6.32. The average Bonchev–Trinajstić information content (AvgIpc) is 2.61. The minimum atomic E-state index is -0.280. The van der Waals surface area contributed by atoms with E-state index in [2.05, 4.69) is 10.6 Å². The van der Waals surface area contributed by atoms with Gasteiger partial charge in [-0.25, -0.2) is 0 Å². The molecule has 0 aliphatic carbocycles. The second kappa shape index (κ2) is 8.67. The molecule has 0 spiro atoms. The number of amides is 3. The van der Waals surface area contributed by atoms with Gasteiger partial charge in [0.15, 0.2) is 0 Å². The van der Waals surface area contributed by atoms with E-state index < -0.39 is 0 Å². The molecular formula is C17H20N4O3. The predicted octanol–water partition coefficient (Wildman–Crippen LogP) is 0.437. The van der Waals surface area contributed by atoms with Crippen molar-refractivity contribution in [3.8, 4) is 6.07 Å². The van der Waals surface area contributed by atoms with Gasteiger partial charge in [0.2, 0.25) is 11.8 Å². The molecule has 0 saturated carbocycles. The Hall–Kier alpha value is -2.88. The fourth-order valence-corrected chi connectivity index (χ4v) is 2.58. The number of rotatable bonds is 5. The number of carbonyl (C=O) groups excluding carboxylic acids is 3. The van der Waals surface area contributed by atoms with Crippen molar-refractivity contribution in [1.29, 1.82) is 5.26 Å². The molecule has 1 aromatic carbocycles. The van der Waals surface area contributed by atoms with Gasteiger partial charge in [0.1, 0.15) is 6.42 Å². The van der Waals surface area contributed by atoms with Crippen molar-refractivity contribution in [2.75, 3.05) is 19.6 Å².